The third-order valence-corrected chi connectivity index (χ3v) is 4.84. The number of nitrogens with one attached hydrogen (secondary N) is 1. The molecule has 0 amide bonds. The summed E-state index contributed by atoms with van der Waals surface area (Å²) < 4.78 is 41.8. The lowest BCUT2D eigenvalue weighted by molar-refractivity contribution is -0.577. The first-order chi connectivity index (χ1) is 15.5. The van der Waals surface area contributed by atoms with Gasteiger partial charge >= 0.3 is 6.61 Å². The molecule has 9 heteroatoms. The van der Waals surface area contributed by atoms with E-state index >= 15 is 0 Å². The van der Waals surface area contributed by atoms with Crippen molar-refractivity contribution < 1.29 is 32.7 Å². The molecule has 3 aromatic rings. The van der Waals surface area contributed by atoms with Crippen LogP contribution < -0.4 is 29.2 Å². The van der Waals surface area contributed by atoms with Gasteiger partial charge in [-0.15, -0.1) is 0 Å². The zero-order chi connectivity index (χ0) is 22.5. The summed E-state index contributed by atoms with van der Waals surface area (Å²) in [5.74, 6) is 0.764. The number of rotatable bonds is 6. The number of thiocarbonyl (C=S) groups is 1. The third kappa shape index (κ3) is 4.94. The van der Waals surface area contributed by atoms with Crippen LogP contribution in [0.3, 0.4) is 0 Å². The van der Waals surface area contributed by atoms with E-state index in [4.69, 9.17) is 21.7 Å². The van der Waals surface area contributed by atoms with Gasteiger partial charge in [-0.05, 0) is 47.7 Å². The number of pyridine rings is 1. The van der Waals surface area contributed by atoms with E-state index in [0.717, 1.165) is 0 Å². The van der Waals surface area contributed by atoms with Gasteiger partial charge in [0.2, 0.25) is 5.70 Å². The number of halogens is 2. The van der Waals surface area contributed by atoms with Gasteiger partial charge in [-0.25, -0.2) is 0 Å². The van der Waals surface area contributed by atoms with Crippen molar-refractivity contribution in [2.45, 2.75) is 6.61 Å². The van der Waals surface area contributed by atoms with Gasteiger partial charge in [0.05, 0.1) is 0 Å². The molecule has 0 aliphatic carbocycles. The Bertz CT molecular complexity index is 1140. The quantitative estimate of drug-likeness (QED) is 0.265. The van der Waals surface area contributed by atoms with Crippen LogP contribution in [0.25, 0.3) is 11.5 Å². The van der Waals surface area contributed by atoms with Crippen molar-refractivity contribution in [3.05, 3.63) is 78.6 Å². The van der Waals surface area contributed by atoms with Gasteiger partial charge in [-0.3, -0.25) is 0 Å². The Balaban J connectivity index is 1.67. The molecule has 164 valence electrons. The first-order valence-electron chi connectivity index (χ1n) is 9.65. The highest BCUT2D eigenvalue weighted by Gasteiger charge is 2.20. The first kappa shape index (κ1) is 21.5. The zero-order valence-electron chi connectivity index (χ0n) is 16.7. The molecule has 6 nitrogen and oxygen atoms in total. The molecular weight excluding hydrogens is 438 g/mol. The Labute approximate surface area is 188 Å². The second-order valence-corrected chi connectivity index (χ2v) is 7.08. The number of fused-ring (bicyclic) bond motifs is 1. The highest BCUT2D eigenvalue weighted by Crippen LogP contribution is 2.32. The number of alkyl halides is 2. The number of hydrogen-bond donors (Lipinski definition) is 1. The topological polar surface area (TPSA) is 66.7 Å². The average molecular weight is 456 g/mol. The van der Waals surface area contributed by atoms with Crippen molar-refractivity contribution in [1.29, 1.82) is 0 Å². The van der Waals surface area contributed by atoms with Gasteiger partial charge in [-0.2, -0.15) is 13.3 Å². The van der Waals surface area contributed by atoms with E-state index in [1.807, 2.05) is 6.07 Å². The lowest BCUT2D eigenvalue weighted by atomic mass is 10.1. The second-order valence-electron chi connectivity index (χ2n) is 6.68. The molecule has 2 aromatic carbocycles. The molecule has 0 radical (unpaired) electrons. The SMILES string of the molecule is [O-]/C(=C(\C(=S)Nc1ccc(OC(F)F)cc1)[n+]1ccccc1)c1ccc2c(c1)OCCO2. The molecule has 0 saturated carbocycles. The van der Waals surface area contributed by atoms with Crippen molar-refractivity contribution in [3.8, 4) is 17.2 Å². The molecule has 1 aromatic heterocycles. The highest BCUT2D eigenvalue weighted by molar-refractivity contribution is 7.81. The van der Waals surface area contributed by atoms with Gasteiger partial charge < -0.3 is 24.6 Å². The molecule has 0 atom stereocenters. The van der Waals surface area contributed by atoms with Crippen molar-refractivity contribution in [2.24, 2.45) is 0 Å². The highest BCUT2D eigenvalue weighted by atomic mass is 32.1. The molecule has 0 bridgehead atoms. The van der Waals surface area contributed by atoms with Crippen LogP contribution in [0, 0.1) is 0 Å². The number of ether oxygens (including phenoxy) is 3. The molecule has 0 fully saturated rings. The summed E-state index contributed by atoms with van der Waals surface area (Å²) in [7, 11) is 0. The summed E-state index contributed by atoms with van der Waals surface area (Å²) in [4.78, 5) is 0.156. The summed E-state index contributed by atoms with van der Waals surface area (Å²) >= 11 is 5.54. The number of benzene rings is 2. The first-order valence-corrected chi connectivity index (χ1v) is 10.1. The third-order valence-electron chi connectivity index (χ3n) is 4.55. The van der Waals surface area contributed by atoms with Crippen LogP contribution in [0.5, 0.6) is 17.2 Å². The van der Waals surface area contributed by atoms with Gasteiger partial charge in [0.25, 0.3) is 0 Å². The van der Waals surface area contributed by atoms with Crippen LogP contribution in [-0.2, 0) is 0 Å². The molecule has 1 N–H and O–H groups in total. The minimum absolute atomic E-state index is 0.0189. The minimum atomic E-state index is -2.91. The maximum absolute atomic E-state index is 13.5. The normalized spacial score (nSPS) is 13.3. The Morgan fingerprint density at radius 2 is 1.69 bits per heavy atom. The van der Waals surface area contributed by atoms with Crippen LogP contribution in [0.2, 0.25) is 0 Å². The van der Waals surface area contributed by atoms with Crippen LogP contribution >= 0.6 is 12.2 Å². The van der Waals surface area contributed by atoms with Crippen molar-refractivity contribution in [1.82, 2.24) is 0 Å². The maximum Gasteiger partial charge on any atom is 0.387 e. The summed E-state index contributed by atoms with van der Waals surface area (Å²) in [6, 6.07) is 16.2. The van der Waals surface area contributed by atoms with Crippen LogP contribution in [-0.4, -0.2) is 24.8 Å². The standard InChI is InChI=1S/C23H18F2N2O4S/c24-23(25)31-17-7-5-16(6-8-17)26-22(32)20(27-10-2-1-3-11-27)21(28)15-4-9-18-19(14-15)30-13-12-29-18/h1-11,14,23H,12-13H2,(H-,26,28,32). The number of anilines is 1. The summed E-state index contributed by atoms with van der Waals surface area (Å²) in [5.41, 5.74) is 1.11. The van der Waals surface area contributed by atoms with Gasteiger partial charge in [-0.1, -0.05) is 24.4 Å². The Morgan fingerprint density at radius 1 is 1.00 bits per heavy atom. The van der Waals surface area contributed by atoms with Crippen LogP contribution in [0.1, 0.15) is 5.56 Å². The van der Waals surface area contributed by atoms with Crippen LogP contribution in [0.4, 0.5) is 14.5 Å². The van der Waals surface area contributed by atoms with E-state index in [9.17, 15) is 13.9 Å². The minimum Gasteiger partial charge on any atom is -0.867 e. The molecule has 4 rings (SSSR count). The molecule has 0 spiro atoms. The average Bonchev–Trinajstić information content (AvgIpc) is 2.80. The lowest BCUT2D eigenvalue weighted by Gasteiger charge is -2.21. The van der Waals surface area contributed by atoms with Gasteiger partial charge in [0.15, 0.2) is 28.9 Å². The van der Waals surface area contributed by atoms with Crippen LogP contribution in [0.15, 0.2) is 73.1 Å². The van der Waals surface area contributed by atoms with Crippen molar-refractivity contribution in [2.75, 3.05) is 18.5 Å². The smallest absolute Gasteiger partial charge is 0.387 e. The van der Waals surface area contributed by atoms with Gasteiger partial charge in [0, 0.05) is 17.8 Å². The number of nitrogens with zero attached hydrogens (tertiary/aromatic N) is 1. The van der Waals surface area contributed by atoms with E-state index in [-0.39, 0.29) is 22.2 Å². The number of aromatic nitrogens is 1. The molecule has 0 saturated heterocycles. The van der Waals surface area contributed by atoms with E-state index in [2.05, 4.69) is 10.1 Å². The lowest BCUT2D eigenvalue weighted by Crippen LogP contribution is -2.39. The van der Waals surface area contributed by atoms with Crippen molar-refractivity contribution in [3.63, 3.8) is 0 Å². The summed E-state index contributed by atoms with van der Waals surface area (Å²) in [5, 5.41) is 16.4. The Morgan fingerprint density at radius 3 is 2.38 bits per heavy atom. The largest absolute Gasteiger partial charge is 0.867 e. The van der Waals surface area contributed by atoms with Gasteiger partial charge in [0.1, 0.15) is 19.0 Å². The Kier molecular flexibility index (Phi) is 6.46. The number of hydrogen-bond acceptors (Lipinski definition) is 5. The van der Waals surface area contributed by atoms with E-state index in [1.165, 1.54) is 24.3 Å². The fraction of sp³-hybridized carbons (Fsp3) is 0.130. The van der Waals surface area contributed by atoms with E-state index in [0.29, 0.717) is 36.0 Å². The van der Waals surface area contributed by atoms with Crippen molar-refractivity contribution >= 4 is 34.3 Å². The second kappa shape index (κ2) is 9.61. The molecule has 2 heterocycles. The molecule has 0 unspecified atom stereocenters. The maximum atomic E-state index is 13.5. The molecule has 32 heavy (non-hydrogen) atoms. The molecule has 1 aliphatic rings. The predicted molar refractivity (Wildman–Crippen MR) is 116 cm³/mol. The zero-order valence-corrected chi connectivity index (χ0v) is 17.5. The summed E-state index contributed by atoms with van der Waals surface area (Å²) in [6.45, 7) is -2.06. The van der Waals surface area contributed by atoms with E-state index in [1.54, 1.807) is 47.3 Å². The molecular formula is C23H18F2N2O4S. The Hall–Kier alpha value is -3.72. The molecule has 1 aliphatic heterocycles. The predicted octanol–water partition coefficient (Wildman–Crippen LogP) is 3.47. The van der Waals surface area contributed by atoms with E-state index < -0.39 is 6.61 Å². The fourth-order valence-electron chi connectivity index (χ4n) is 3.12. The summed E-state index contributed by atoms with van der Waals surface area (Å²) in [6.07, 6.45) is 3.41. The fourth-order valence-corrected chi connectivity index (χ4v) is 3.43. The monoisotopic (exact) mass is 456 g/mol.